The highest BCUT2D eigenvalue weighted by molar-refractivity contribution is 6.01. The summed E-state index contributed by atoms with van der Waals surface area (Å²) in [6, 6.07) is 0. The third-order valence-electron chi connectivity index (χ3n) is 20.2. The predicted octanol–water partition coefficient (Wildman–Crippen LogP) is 2.40. The Morgan fingerprint density at radius 1 is 0.985 bits per heavy atom. The smallest absolute Gasteiger partial charge is 0.182 e. The molecule has 20 atom stereocenters. The fourth-order valence-corrected chi connectivity index (χ4v) is 17.5. The van der Waals surface area contributed by atoms with Gasteiger partial charge >= 0.3 is 0 Å². The number of Topliss-reactive ketones (excluding diaryl/α,β-unsaturated/α-hetero) is 1. The summed E-state index contributed by atoms with van der Waals surface area (Å²) in [5, 5.41) is 120. The lowest BCUT2D eigenvalue weighted by Gasteiger charge is -2.73. The quantitative estimate of drug-likeness (QED) is 0.141. The number of ether oxygens (including phenoxy) is 1. The third-order valence-corrected chi connectivity index (χ3v) is 20.2. The molecule has 2 bridgehead atoms. The molecule has 0 amide bonds. The van der Waals surface area contributed by atoms with Gasteiger partial charge in [0.25, 0.3) is 0 Å². The maximum Gasteiger partial charge on any atom is 0.182 e. The van der Waals surface area contributed by atoms with Gasteiger partial charge < -0.3 is 67.1 Å². The maximum atomic E-state index is 15.7. The Hall–Kier alpha value is -2.47. The van der Waals surface area contributed by atoms with E-state index in [0.29, 0.717) is 18.8 Å². The van der Waals surface area contributed by atoms with Gasteiger partial charge in [0.2, 0.25) is 0 Å². The number of aliphatic hydroxyl groups is 9. The van der Waals surface area contributed by atoms with Gasteiger partial charge in [0.15, 0.2) is 5.78 Å². The first-order valence-corrected chi connectivity index (χ1v) is 25.5. The van der Waals surface area contributed by atoms with Crippen molar-refractivity contribution in [1.29, 1.82) is 0 Å². The summed E-state index contributed by atoms with van der Waals surface area (Å²) in [4.78, 5) is 15.7. The van der Waals surface area contributed by atoms with Crippen molar-refractivity contribution >= 4 is 5.78 Å². The molecule has 0 aromatic carbocycles. The van der Waals surface area contributed by atoms with E-state index in [1.807, 2.05) is 36.6 Å². The van der Waals surface area contributed by atoms with Crippen LogP contribution >= 0.6 is 0 Å². The van der Waals surface area contributed by atoms with Gasteiger partial charge in [-0.3, -0.25) is 4.79 Å². The Balaban J connectivity index is 1.17. The number of fused-ring (bicyclic) bond motifs is 5. The number of nitrogens with two attached hydrogens (primary N) is 1. The lowest BCUT2D eigenvalue weighted by molar-refractivity contribution is -0.275. The summed E-state index contributed by atoms with van der Waals surface area (Å²) >= 11 is 0. The number of nitrogens with one attached hydrogen (secondary N) is 2. The molecule has 366 valence electrons. The van der Waals surface area contributed by atoms with Gasteiger partial charge in [-0.1, -0.05) is 56.6 Å². The van der Waals surface area contributed by atoms with Crippen LogP contribution in [-0.2, 0) is 9.53 Å². The highest BCUT2D eigenvalue weighted by Crippen LogP contribution is 2.82. The third kappa shape index (κ3) is 6.15. The normalized spacial score (nSPS) is 51.5. The van der Waals surface area contributed by atoms with Crippen molar-refractivity contribution < 1.29 is 55.5 Å². The lowest BCUT2D eigenvalue weighted by atomic mass is 9.31. The molecule has 11 aliphatic rings. The van der Waals surface area contributed by atoms with E-state index >= 15 is 4.79 Å². The summed E-state index contributed by atoms with van der Waals surface area (Å²) in [5.41, 5.74) is -6.05. The second-order valence-corrected chi connectivity index (χ2v) is 23.3. The minimum absolute atomic E-state index is 0.00381. The average Bonchev–Trinajstić information content (AvgIpc) is 3.56. The van der Waals surface area contributed by atoms with Crippen LogP contribution in [0.3, 0.4) is 0 Å². The van der Waals surface area contributed by atoms with Gasteiger partial charge in [-0.05, 0) is 127 Å². The Labute approximate surface area is 389 Å². The molecule has 0 radical (unpaired) electrons. The number of carbonyl (C=O) groups excluding carboxylic acids is 1. The van der Waals surface area contributed by atoms with Crippen LogP contribution in [-0.4, -0.2) is 130 Å². The van der Waals surface area contributed by atoms with Crippen LogP contribution in [0, 0.1) is 51.2 Å². The molecule has 9 aliphatic carbocycles. The molecule has 1 saturated heterocycles. The van der Waals surface area contributed by atoms with Gasteiger partial charge in [-0.2, -0.15) is 0 Å². The van der Waals surface area contributed by atoms with Crippen LogP contribution in [0.5, 0.6) is 0 Å². The number of rotatable bonds is 10. The summed E-state index contributed by atoms with van der Waals surface area (Å²) in [7, 11) is 0. The fourth-order valence-electron chi connectivity index (χ4n) is 17.5. The van der Waals surface area contributed by atoms with E-state index in [1.54, 1.807) is 19.9 Å². The molecule has 0 aromatic heterocycles. The number of hydrogen-bond acceptors (Lipinski definition) is 14. The van der Waals surface area contributed by atoms with Crippen molar-refractivity contribution in [2.75, 3.05) is 13.2 Å². The van der Waals surface area contributed by atoms with Crippen molar-refractivity contribution in [3.05, 3.63) is 59.5 Å². The van der Waals surface area contributed by atoms with Crippen molar-refractivity contribution in [2.24, 2.45) is 57.0 Å². The molecule has 2 heterocycles. The van der Waals surface area contributed by atoms with Crippen molar-refractivity contribution in [3.8, 4) is 0 Å². The Kier molecular flexibility index (Phi) is 11.5. The average molecular weight is 920 g/mol. The van der Waals surface area contributed by atoms with Crippen LogP contribution < -0.4 is 16.4 Å². The lowest BCUT2D eigenvalue weighted by Crippen LogP contribution is -2.77. The van der Waals surface area contributed by atoms with E-state index in [2.05, 4.69) is 17.6 Å². The molecule has 66 heavy (non-hydrogen) atoms. The molecule has 14 nitrogen and oxygen atoms in total. The molecule has 2 aliphatic heterocycles. The van der Waals surface area contributed by atoms with E-state index in [9.17, 15) is 46.0 Å². The van der Waals surface area contributed by atoms with E-state index in [1.165, 1.54) is 0 Å². The molecule has 6 fully saturated rings. The maximum absolute atomic E-state index is 15.7. The zero-order chi connectivity index (χ0) is 47.0. The Morgan fingerprint density at radius 3 is 2.45 bits per heavy atom. The topological polar surface area (TPSA) is 258 Å². The SMILES string of the molecule is CCC[C@@H]1CC[C@H]2[C@H]3[C@@H](O[C@@H]2CC1)[C@@](O)([C@](C)(O)[C@H]1CC[C@@]2(O)C4=C(NC[C@H](C)O)C(=O)[C@@H]5C[C@@H](O)[C@@H](O)C[C@@]56C[C@]5(C7=CNC(N)C=C7)C=C[C@]46[C@](O)(C=C5)C[C@]12CCO)CCC[C@@H]3O. The highest BCUT2D eigenvalue weighted by atomic mass is 16.5. The Bertz CT molecular complexity index is 2110. The summed E-state index contributed by atoms with van der Waals surface area (Å²) in [6.45, 7) is 4.87. The number of ketones is 1. The first-order valence-electron chi connectivity index (χ1n) is 25.5. The molecular formula is C52H77N3O11. The van der Waals surface area contributed by atoms with Gasteiger partial charge in [0.1, 0.15) is 5.60 Å². The zero-order valence-corrected chi connectivity index (χ0v) is 39.1. The number of carbonyl (C=O) groups is 1. The molecule has 0 aromatic rings. The first-order chi connectivity index (χ1) is 31.2. The van der Waals surface area contributed by atoms with E-state index in [0.717, 1.165) is 44.1 Å². The summed E-state index contributed by atoms with van der Waals surface area (Å²) < 4.78 is 7.00. The van der Waals surface area contributed by atoms with Crippen LogP contribution in [0.4, 0.5) is 0 Å². The summed E-state index contributed by atoms with van der Waals surface area (Å²) in [6.07, 6.45) is 14.3. The number of allylic oxidation sites excluding steroid dienone is 5. The van der Waals surface area contributed by atoms with Crippen LogP contribution in [0.1, 0.15) is 124 Å². The molecular weight excluding hydrogens is 843 g/mol. The molecule has 13 N–H and O–H groups in total. The van der Waals surface area contributed by atoms with Gasteiger partial charge in [0.05, 0.1) is 70.7 Å². The fraction of sp³-hybridized carbons (Fsp3) is 0.788. The molecule has 11 rings (SSSR count). The standard InChI is InChI=1S/C52H77N3O11/c1-4-6-30-8-11-32-37(12-9-30)66-44-40(32)34(58)7-5-15-52(44,65)45(3,62)38-14-16-51(64)43-41(55-25-29(2)57)42(61)33-23-35(59)36(60)24-48(33)27-46(31-10-13-39(53)54-26-31)17-19-49(63,50(43,48)20-18-46)28-47(38,51)21-22-56/h10,13,17-20,26,29-30,32-40,44,54-60,62-65H,4-9,11-12,14-16,21-25,27-28,53H2,1-3H3/t29-,30+,32+,33-,34-,35+,36-,37+,38+,39?,40+,44+,45+,46+,47+,48+,49-,50-,51+,52+/m0/s1. The Morgan fingerprint density at radius 2 is 1.74 bits per heavy atom. The second-order valence-electron chi connectivity index (χ2n) is 23.3. The monoisotopic (exact) mass is 920 g/mol. The van der Waals surface area contributed by atoms with Crippen molar-refractivity contribution in [1.82, 2.24) is 10.6 Å². The van der Waals surface area contributed by atoms with Gasteiger partial charge in [-0.25, -0.2) is 0 Å². The number of dihydropyridines is 1. The van der Waals surface area contributed by atoms with Gasteiger partial charge in [0, 0.05) is 53.0 Å². The van der Waals surface area contributed by atoms with Crippen molar-refractivity contribution in [2.45, 2.75) is 189 Å². The molecule has 1 unspecified atom stereocenters. The van der Waals surface area contributed by atoms with Crippen LogP contribution in [0.15, 0.2) is 59.5 Å². The molecule has 14 heteroatoms. The zero-order valence-electron chi connectivity index (χ0n) is 39.1. The largest absolute Gasteiger partial charge is 0.396 e. The van der Waals surface area contributed by atoms with E-state index < -0.39 is 111 Å². The van der Waals surface area contributed by atoms with E-state index in [4.69, 9.17) is 10.5 Å². The summed E-state index contributed by atoms with van der Waals surface area (Å²) in [5.74, 6) is -2.20. The van der Waals surface area contributed by atoms with Crippen molar-refractivity contribution in [3.63, 3.8) is 0 Å². The van der Waals surface area contributed by atoms with Crippen LogP contribution in [0.25, 0.3) is 0 Å². The molecule has 5 saturated carbocycles. The first kappa shape index (κ1) is 47.2. The van der Waals surface area contributed by atoms with Crippen LogP contribution in [0.2, 0.25) is 0 Å². The van der Waals surface area contributed by atoms with Gasteiger partial charge in [-0.15, -0.1) is 0 Å². The minimum atomic E-state index is -2.03. The highest BCUT2D eigenvalue weighted by Gasteiger charge is 2.84. The second kappa shape index (κ2) is 16.0. The van der Waals surface area contributed by atoms with E-state index in [-0.39, 0.29) is 81.2 Å². The minimum Gasteiger partial charge on any atom is -0.396 e. The number of aliphatic hydroxyl groups excluding tert-OH is 5. The predicted molar refractivity (Wildman–Crippen MR) is 244 cm³/mol. The molecule has 2 spiro atoms. The number of hydrogen-bond donors (Lipinski definition) is 12.